The molecule has 0 aromatic rings. The molecule has 7 heteroatoms. The van der Waals surface area contributed by atoms with Crippen molar-refractivity contribution in [3.63, 3.8) is 0 Å². The van der Waals surface area contributed by atoms with Crippen LogP contribution in [0.2, 0.25) is 0 Å². The fourth-order valence-electron chi connectivity index (χ4n) is 1.67. The van der Waals surface area contributed by atoms with E-state index in [2.05, 4.69) is 0 Å². The average molecular weight is 304 g/mol. The van der Waals surface area contributed by atoms with Crippen molar-refractivity contribution in [1.29, 1.82) is 10.5 Å². The molecule has 0 radical (unpaired) electrons. The standard InChI is InChI=1S/C14H19F3N2O2/c1-2-3-4-5-8-21-12(20)9-13(10-18,11-19)6-7-14(15,16)17/h2-9H2,1H3. The second kappa shape index (κ2) is 9.23. The summed E-state index contributed by atoms with van der Waals surface area (Å²) in [7, 11) is 0. The Labute approximate surface area is 122 Å². The molecule has 0 amide bonds. The van der Waals surface area contributed by atoms with Crippen LogP contribution in [0, 0.1) is 28.1 Å². The second-order valence-electron chi connectivity index (χ2n) is 4.88. The maximum absolute atomic E-state index is 12.2. The zero-order chi connectivity index (χ0) is 16.4. The highest BCUT2D eigenvalue weighted by atomic mass is 19.4. The van der Waals surface area contributed by atoms with Crippen molar-refractivity contribution in [2.24, 2.45) is 5.41 Å². The predicted octanol–water partition coefficient (Wildman–Crippen LogP) is 3.88. The number of carbonyl (C=O) groups excluding carboxylic acids is 1. The number of nitrogens with zero attached hydrogens (tertiary/aromatic N) is 2. The van der Waals surface area contributed by atoms with Gasteiger partial charge in [0.2, 0.25) is 0 Å². The molecule has 21 heavy (non-hydrogen) atoms. The number of alkyl halides is 3. The summed E-state index contributed by atoms with van der Waals surface area (Å²) in [6.07, 6.45) is -3.53. The van der Waals surface area contributed by atoms with E-state index in [-0.39, 0.29) is 6.61 Å². The molecule has 0 aliphatic heterocycles. The summed E-state index contributed by atoms with van der Waals surface area (Å²) in [5.41, 5.74) is -1.98. The number of nitriles is 2. The number of halogens is 3. The van der Waals surface area contributed by atoms with Gasteiger partial charge in [0, 0.05) is 6.42 Å². The average Bonchev–Trinajstić information content (AvgIpc) is 2.42. The third-order valence-corrected chi connectivity index (χ3v) is 2.97. The molecule has 0 aliphatic carbocycles. The summed E-state index contributed by atoms with van der Waals surface area (Å²) in [6, 6.07) is 3.04. The van der Waals surface area contributed by atoms with Crippen molar-refractivity contribution >= 4 is 5.97 Å². The van der Waals surface area contributed by atoms with Crippen LogP contribution in [0.4, 0.5) is 13.2 Å². The Balaban J connectivity index is 4.34. The lowest BCUT2D eigenvalue weighted by Crippen LogP contribution is -2.25. The van der Waals surface area contributed by atoms with Crippen LogP contribution < -0.4 is 0 Å². The Hall–Kier alpha value is -1.76. The Kier molecular flexibility index (Phi) is 8.45. The Morgan fingerprint density at radius 3 is 2.19 bits per heavy atom. The molecule has 0 N–H and O–H groups in total. The first-order chi connectivity index (χ1) is 9.78. The summed E-state index contributed by atoms with van der Waals surface area (Å²) < 4.78 is 41.4. The monoisotopic (exact) mass is 304 g/mol. The first-order valence-corrected chi connectivity index (χ1v) is 6.83. The van der Waals surface area contributed by atoms with Crippen molar-refractivity contribution in [1.82, 2.24) is 0 Å². The molecule has 0 saturated heterocycles. The Morgan fingerprint density at radius 2 is 1.71 bits per heavy atom. The molecule has 0 bridgehead atoms. The fraction of sp³-hybridized carbons (Fsp3) is 0.786. The molecule has 0 saturated carbocycles. The number of hydrogen-bond acceptors (Lipinski definition) is 4. The van der Waals surface area contributed by atoms with Gasteiger partial charge in [-0.3, -0.25) is 4.79 Å². The van der Waals surface area contributed by atoms with Crippen molar-refractivity contribution in [3.05, 3.63) is 0 Å². The zero-order valence-corrected chi connectivity index (χ0v) is 12.0. The third-order valence-electron chi connectivity index (χ3n) is 2.97. The van der Waals surface area contributed by atoms with Gasteiger partial charge >= 0.3 is 12.1 Å². The van der Waals surface area contributed by atoms with Crippen LogP contribution >= 0.6 is 0 Å². The van der Waals surface area contributed by atoms with E-state index in [1.165, 1.54) is 12.1 Å². The van der Waals surface area contributed by atoms with E-state index in [0.29, 0.717) is 6.42 Å². The van der Waals surface area contributed by atoms with Gasteiger partial charge in [-0.2, -0.15) is 23.7 Å². The van der Waals surface area contributed by atoms with Crippen LogP contribution in [-0.4, -0.2) is 18.8 Å². The lowest BCUT2D eigenvalue weighted by Gasteiger charge is -2.18. The van der Waals surface area contributed by atoms with Crippen LogP contribution in [0.1, 0.15) is 51.9 Å². The number of ether oxygens (including phenoxy) is 1. The Bertz CT molecular complexity index is 394. The minimum Gasteiger partial charge on any atom is -0.466 e. The quantitative estimate of drug-likeness (QED) is 0.478. The third kappa shape index (κ3) is 8.91. The van der Waals surface area contributed by atoms with Gasteiger partial charge in [0.1, 0.15) is 0 Å². The van der Waals surface area contributed by atoms with Crippen LogP contribution in [-0.2, 0) is 9.53 Å². The summed E-state index contributed by atoms with van der Waals surface area (Å²) in [4.78, 5) is 11.5. The molecular formula is C14H19F3N2O2. The molecule has 0 aliphatic rings. The summed E-state index contributed by atoms with van der Waals surface area (Å²) in [6.45, 7) is 2.19. The van der Waals surface area contributed by atoms with Crippen molar-refractivity contribution in [2.75, 3.05) is 6.61 Å². The van der Waals surface area contributed by atoms with Gasteiger partial charge in [0.15, 0.2) is 5.41 Å². The highest BCUT2D eigenvalue weighted by Gasteiger charge is 2.39. The van der Waals surface area contributed by atoms with E-state index in [1.54, 1.807) is 0 Å². The Morgan fingerprint density at radius 1 is 1.10 bits per heavy atom. The number of hydrogen-bond donors (Lipinski definition) is 0. The van der Waals surface area contributed by atoms with Gasteiger partial charge in [-0.25, -0.2) is 0 Å². The molecule has 0 aromatic heterocycles. The zero-order valence-electron chi connectivity index (χ0n) is 12.0. The molecule has 4 nitrogen and oxygen atoms in total. The lowest BCUT2D eigenvalue weighted by atomic mass is 9.83. The van der Waals surface area contributed by atoms with E-state index >= 15 is 0 Å². The molecule has 0 aromatic carbocycles. The highest BCUT2D eigenvalue weighted by Crippen LogP contribution is 2.33. The van der Waals surface area contributed by atoms with Gasteiger partial charge in [0.25, 0.3) is 0 Å². The van der Waals surface area contributed by atoms with E-state index in [1.807, 2.05) is 6.92 Å². The van der Waals surface area contributed by atoms with Gasteiger partial charge in [-0.05, 0) is 12.8 Å². The SMILES string of the molecule is CCCCCCOC(=O)CC(C#N)(C#N)CCC(F)(F)F. The normalized spacial score (nSPS) is 11.5. The molecule has 0 fully saturated rings. The molecule has 0 spiro atoms. The van der Waals surface area contributed by atoms with E-state index in [9.17, 15) is 18.0 Å². The van der Waals surface area contributed by atoms with E-state index in [4.69, 9.17) is 15.3 Å². The number of carbonyl (C=O) groups is 1. The first-order valence-electron chi connectivity index (χ1n) is 6.83. The topological polar surface area (TPSA) is 73.9 Å². The first kappa shape index (κ1) is 19.2. The minimum atomic E-state index is -4.47. The molecular weight excluding hydrogens is 285 g/mol. The van der Waals surface area contributed by atoms with E-state index in [0.717, 1.165) is 19.3 Å². The number of rotatable bonds is 9. The van der Waals surface area contributed by atoms with Crippen LogP contribution in [0.25, 0.3) is 0 Å². The second-order valence-corrected chi connectivity index (χ2v) is 4.88. The van der Waals surface area contributed by atoms with Crippen LogP contribution in [0.3, 0.4) is 0 Å². The molecule has 0 rings (SSSR count). The van der Waals surface area contributed by atoms with Gasteiger partial charge in [-0.15, -0.1) is 0 Å². The fourth-order valence-corrected chi connectivity index (χ4v) is 1.67. The smallest absolute Gasteiger partial charge is 0.389 e. The number of esters is 1. The summed E-state index contributed by atoms with van der Waals surface area (Å²) >= 11 is 0. The lowest BCUT2D eigenvalue weighted by molar-refractivity contribution is -0.148. The molecule has 0 unspecified atom stereocenters. The van der Waals surface area contributed by atoms with Gasteiger partial charge < -0.3 is 4.74 Å². The highest BCUT2D eigenvalue weighted by molar-refractivity contribution is 5.71. The predicted molar refractivity (Wildman–Crippen MR) is 68.7 cm³/mol. The molecule has 118 valence electrons. The largest absolute Gasteiger partial charge is 0.466 e. The molecule has 0 heterocycles. The van der Waals surface area contributed by atoms with E-state index < -0.39 is 36.8 Å². The summed E-state index contributed by atoms with van der Waals surface area (Å²) in [5, 5.41) is 17.8. The summed E-state index contributed by atoms with van der Waals surface area (Å²) in [5.74, 6) is -0.809. The number of unbranched alkanes of at least 4 members (excludes halogenated alkanes) is 3. The maximum atomic E-state index is 12.2. The van der Waals surface area contributed by atoms with Gasteiger partial charge in [0.05, 0.1) is 25.2 Å². The minimum absolute atomic E-state index is 0.158. The maximum Gasteiger partial charge on any atom is 0.389 e. The molecule has 0 atom stereocenters. The van der Waals surface area contributed by atoms with Crippen LogP contribution in [0.5, 0.6) is 0 Å². The van der Waals surface area contributed by atoms with Crippen LogP contribution in [0.15, 0.2) is 0 Å². The van der Waals surface area contributed by atoms with Crippen molar-refractivity contribution in [2.45, 2.75) is 58.0 Å². The van der Waals surface area contributed by atoms with Crippen molar-refractivity contribution in [3.8, 4) is 12.1 Å². The van der Waals surface area contributed by atoms with Crippen molar-refractivity contribution < 1.29 is 22.7 Å². The van der Waals surface area contributed by atoms with Gasteiger partial charge in [-0.1, -0.05) is 26.2 Å².